The van der Waals surface area contributed by atoms with Crippen molar-refractivity contribution in [2.24, 2.45) is 0 Å². The van der Waals surface area contributed by atoms with Crippen LogP contribution in [0.3, 0.4) is 0 Å². The highest BCUT2D eigenvalue weighted by atomic mass is 16.4. The molecule has 0 amide bonds. The molecule has 3 aromatic heterocycles. The van der Waals surface area contributed by atoms with Gasteiger partial charge in [-0.3, -0.25) is 5.10 Å². The Morgan fingerprint density at radius 1 is 1.35 bits per heavy atom. The summed E-state index contributed by atoms with van der Waals surface area (Å²) in [7, 11) is 0. The normalized spacial score (nSPS) is 10.7. The first-order valence-corrected chi connectivity index (χ1v) is 8.05. The second-order valence-corrected chi connectivity index (χ2v) is 5.99. The van der Waals surface area contributed by atoms with E-state index in [1.807, 2.05) is 13.0 Å². The maximum atomic E-state index is 11.5. The molecule has 0 saturated heterocycles. The number of nitrogens with zero attached hydrogens (tertiary/aromatic N) is 3. The molecule has 0 radical (unpaired) electrons. The van der Waals surface area contributed by atoms with Crippen LogP contribution in [0.25, 0.3) is 22.6 Å². The van der Waals surface area contributed by atoms with Crippen LogP contribution in [0.1, 0.15) is 39.8 Å². The van der Waals surface area contributed by atoms with E-state index in [0.717, 1.165) is 12.1 Å². The highest BCUT2D eigenvalue weighted by molar-refractivity contribution is 5.93. The zero-order valence-corrected chi connectivity index (χ0v) is 14.6. The number of anilines is 1. The van der Waals surface area contributed by atoms with E-state index in [-0.39, 0.29) is 16.9 Å². The van der Waals surface area contributed by atoms with Gasteiger partial charge in [0.05, 0.1) is 22.6 Å². The van der Waals surface area contributed by atoms with Crippen molar-refractivity contribution in [3.8, 4) is 28.7 Å². The highest BCUT2D eigenvalue weighted by Gasteiger charge is 2.21. The third-order valence-corrected chi connectivity index (χ3v) is 4.35. The van der Waals surface area contributed by atoms with Gasteiger partial charge in [0.25, 0.3) is 0 Å². The van der Waals surface area contributed by atoms with Crippen LogP contribution in [-0.2, 0) is 6.42 Å². The summed E-state index contributed by atoms with van der Waals surface area (Å²) in [5.74, 6) is -0.936. The summed E-state index contributed by atoms with van der Waals surface area (Å²) in [4.78, 5) is 18.8. The van der Waals surface area contributed by atoms with Gasteiger partial charge in [0, 0.05) is 17.0 Å². The number of hydrogen-bond donors (Lipinski definition) is 4. The molecule has 0 fully saturated rings. The molecule has 3 heterocycles. The van der Waals surface area contributed by atoms with Gasteiger partial charge in [-0.05, 0) is 38.0 Å². The van der Waals surface area contributed by atoms with Crippen LogP contribution in [0.5, 0.6) is 0 Å². The van der Waals surface area contributed by atoms with Gasteiger partial charge in [-0.25, -0.2) is 9.78 Å². The van der Waals surface area contributed by atoms with Gasteiger partial charge in [0.15, 0.2) is 0 Å². The lowest BCUT2D eigenvalue weighted by molar-refractivity contribution is 0.0695. The van der Waals surface area contributed by atoms with E-state index >= 15 is 0 Å². The first kappa shape index (κ1) is 17.2. The van der Waals surface area contributed by atoms with E-state index in [1.165, 1.54) is 0 Å². The topological polar surface area (TPSA) is 144 Å². The van der Waals surface area contributed by atoms with Gasteiger partial charge in [-0.2, -0.15) is 10.4 Å². The van der Waals surface area contributed by atoms with Gasteiger partial charge < -0.3 is 15.8 Å². The Kier molecular flexibility index (Phi) is 4.22. The number of rotatable bonds is 4. The van der Waals surface area contributed by atoms with Gasteiger partial charge in [-0.15, -0.1) is 0 Å². The number of carboxylic acid groups (broad SMARTS) is 1. The predicted octanol–water partition coefficient (Wildman–Crippen LogP) is 2.80. The Morgan fingerprint density at radius 2 is 2.08 bits per heavy atom. The van der Waals surface area contributed by atoms with E-state index in [0.29, 0.717) is 33.9 Å². The molecular formula is C18H18N6O2. The summed E-state index contributed by atoms with van der Waals surface area (Å²) in [6.07, 6.45) is 0.777. The van der Waals surface area contributed by atoms with Gasteiger partial charge in [-0.1, -0.05) is 6.92 Å². The monoisotopic (exact) mass is 350 g/mol. The quantitative estimate of drug-likeness (QED) is 0.569. The number of nitrogens with two attached hydrogens (primary N) is 1. The molecule has 26 heavy (non-hydrogen) atoms. The summed E-state index contributed by atoms with van der Waals surface area (Å²) in [5, 5.41) is 26.0. The van der Waals surface area contributed by atoms with Crippen molar-refractivity contribution in [1.82, 2.24) is 20.2 Å². The highest BCUT2D eigenvalue weighted by Crippen LogP contribution is 2.33. The van der Waals surface area contributed by atoms with E-state index < -0.39 is 5.97 Å². The Hall–Kier alpha value is -3.60. The van der Waals surface area contributed by atoms with Crippen LogP contribution in [0.4, 0.5) is 5.82 Å². The van der Waals surface area contributed by atoms with Gasteiger partial charge >= 0.3 is 5.97 Å². The predicted molar refractivity (Wildman–Crippen MR) is 96.5 cm³/mol. The zero-order valence-electron chi connectivity index (χ0n) is 14.6. The minimum atomic E-state index is -1.01. The zero-order chi connectivity index (χ0) is 19.0. The number of nitriles is 1. The molecule has 0 aliphatic rings. The maximum Gasteiger partial charge on any atom is 0.337 e. The average Bonchev–Trinajstić information content (AvgIpc) is 3.18. The summed E-state index contributed by atoms with van der Waals surface area (Å²) < 4.78 is 0. The fourth-order valence-electron chi connectivity index (χ4n) is 3.02. The lowest BCUT2D eigenvalue weighted by atomic mass is 10.0. The van der Waals surface area contributed by atoms with E-state index in [9.17, 15) is 15.2 Å². The minimum Gasteiger partial charge on any atom is -0.478 e. The Bertz CT molecular complexity index is 1050. The molecule has 0 aliphatic carbocycles. The molecule has 0 bridgehead atoms. The van der Waals surface area contributed by atoms with Crippen molar-refractivity contribution in [1.29, 1.82) is 5.26 Å². The Balaban J connectivity index is 2.24. The molecule has 0 aliphatic heterocycles. The third kappa shape index (κ3) is 2.69. The molecule has 3 aromatic rings. The Morgan fingerprint density at radius 3 is 2.62 bits per heavy atom. The van der Waals surface area contributed by atoms with Crippen LogP contribution in [0.2, 0.25) is 0 Å². The van der Waals surface area contributed by atoms with Crippen molar-refractivity contribution in [2.45, 2.75) is 27.2 Å². The van der Waals surface area contributed by atoms with E-state index in [2.05, 4.69) is 26.2 Å². The van der Waals surface area contributed by atoms with Crippen LogP contribution in [-0.4, -0.2) is 31.2 Å². The van der Waals surface area contributed by atoms with Crippen molar-refractivity contribution < 1.29 is 9.90 Å². The second-order valence-electron chi connectivity index (χ2n) is 5.99. The molecule has 132 valence electrons. The molecular weight excluding hydrogens is 332 g/mol. The third-order valence-electron chi connectivity index (χ3n) is 4.35. The number of carboxylic acids is 1. The summed E-state index contributed by atoms with van der Waals surface area (Å²) in [6.45, 7) is 5.39. The molecule has 3 rings (SSSR count). The maximum absolute atomic E-state index is 11.5. The average molecular weight is 350 g/mol. The number of nitrogens with one attached hydrogen (secondary N) is 2. The number of aryl methyl sites for hydroxylation is 2. The number of hydrogen-bond acceptors (Lipinski definition) is 5. The second kappa shape index (κ2) is 6.37. The van der Waals surface area contributed by atoms with Crippen LogP contribution >= 0.6 is 0 Å². The van der Waals surface area contributed by atoms with Gasteiger partial charge in [0.1, 0.15) is 17.5 Å². The number of aromatic carboxylic acids is 1. The van der Waals surface area contributed by atoms with Crippen molar-refractivity contribution in [3.05, 3.63) is 40.2 Å². The fraction of sp³-hybridized carbons (Fsp3) is 0.222. The molecule has 5 N–H and O–H groups in total. The molecule has 0 saturated carbocycles. The Labute approximate surface area is 149 Å². The number of pyridine rings is 1. The largest absolute Gasteiger partial charge is 0.478 e. The summed E-state index contributed by atoms with van der Waals surface area (Å²) in [6, 6.07) is 5.63. The smallest absolute Gasteiger partial charge is 0.337 e. The van der Waals surface area contributed by atoms with Crippen LogP contribution in [0, 0.1) is 25.2 Å². The van der Waals surface area contributed by atoms with Crippen LogP contribution < -0.4 is 5.73 Å². The first-order chi connectivity index (χ1) is 12.4. The standard InChI is InChI=1S/C18H18N6O2/c1-4-10-5-13(24-23-10)11-6-14(22-17(20)12(11)7-19)16-8(2)15(18(25)26)9(3)21-16/h5-6,21H,4H2,1-3H3,(H2,20,22)(H,23,24)(H,25,26). The molecule has 0 atom stereocenters. The number of nitrogen functional groups attached to an aromatic ring is 1. The van der Waals surface area contributed by atoms with Crippen molar-refractivity contribution >= 4 is 11.8 Å². The minimum absolute atomic E-state index is 0.0737. The summed E-state index contributed by atoms with van der Waals surface area (Å²) >= 11 is 0. The van der Waals surface area contributed by atoms with Crippen molar-refractivity contribution in [2.75, 3.05) is 5.73 Å². The number of H-pyrrole nitrogens is 2. The molecule has 8 nitrogen and oxygen atoms in total. The van der Waals surface area contributed by atoms with Crippen LogP contribution in [0.15, 0.2) is 12.1 Å². The SMILES string of the molecule is CCc1cc(-c2cc(-c3[nH]c(C)c(C(=O)O)c3C)nc(N)c2C#N)n[nH]1. The molecule has 0 spiro atoms. The lowest BCUT2D eigenvalue weighted by Crippen LogP contribution is -2.01. The number of carbonyl (C=O) groups is 1. The van der Waals surface area contributed by atoms with E-state index in [1.54, 1.807) is 19.9 Å². The first-order valence-electron chi connectivity index (χ1n) is 8.05. The summed E-state index contributed by atoms with van der Waals surface area (Å²) in [5.41, 5.74) is 10.6. The fourth-order valence-corrected chi connectivity index (χ4v) is 3.02. The molecule has 0 unspecified atom stereocenters. The van der Waals surface area contributed by atoms with Gasteiger partial charge in [0.2, 0.25) is 0 Å². The number of aromatic amines is 2. The lowest BCUT2D eigenvalue weighted by Gasteiger charge is -2.08. The molecule has 0 aromatic carbocycles. The van der Waals surface area contributed by atoms with E-state index in [4.69, 9.17) is 5.73 Å². The molecule has 8 heteroatoms. The number of aromatic nitrogens is 4. The van der Waals surface area contributed by atoms with Crippen molar-refractivity contribution in [3.63, 3.8) is 0 Å².